The Hall–Kier alpha value is -1.88. The van der Waals surface area contributed by atoms with E-state index in [2.05, 4.69) is 58.3 Å². The van der Waals surface area contributed by atoms with Crippen LogP contribution in [0.2, 0.25) is 0 Å². The van der Waals surface area contributed by atoms with Gasteiger partial charge in [0, 0.05) is 37.6 Å². The van der Waals surface area contributed by atoms with E-state index in [1.165, 1.54) is 61.9 Å². The first kappa shape index (κ1) is 22.6. The molecule has 5 aliphatic rings. The summed E-state index contributed by atoms with van der Waals surface area (Å²) in [5.74, 6) is 2.55. The summed E-state index contributed by atoms with van der Waals surface area (Å²) in [6, 6.07) is 19.1. The largest absolute Gasteiger partial charge is 0.497 e. The number of rotatable bonds is 5. The van der Waals surface area contributed by atoms with Crippen molar-refractivity contribution in [2.75, 3.05) is 33.4 Å². The minimum atomic E-state index is 0.349. The van der Waals surface area contributed by atoms with E-state index in [4.69, 9.17) is 9.47 Å². The van der Waals surface area contributed by atoms with Gasteiger partial charge >= 0.3 is 0 Å². The second-order valence-corrected chi connectivity index (χ2v) is 11.1. The Kier molecular flexibility index (Phi) is 6.64. The van der Waals surface area contributed by atoms with E-state index in [0.29, 0.717) is 24.1 Å². The van der Waals surface area contributed by atoms with Gasteiger partial charge in [-0.25, -0.2) is 0 Å². The van der Waals surface area contributed by atoms with Crippen molar-refractivity contribution in [3.8, 4) is 5.75 Å². The van der Waals surface area contributed by atoms with E-state index in [0.717, 1.165) is 44.2 Å². The van der Waals surface area contributed by atoms with Crippen LogP contribution in [0.4, 0.5) is 0 Å². The Morgan fingerprint density at radius 1 is 0.941 bits per heavy atom. The number of hydrogen-bond acceptors (Lipinski definition) is 4. The molecule has 0 N–H and O–H groups in total. The van der Waals surface area contributed by atoms with E-state index in [9.17, 15) is 0 Å². The highest BCUT2D eigenvalue weighted by atomic mass is 16.5. The van der Waals surface area contributed by atoms with E-state index in [1.54, 1.807) is 7.11 Å². The zero-order valence-corrected chi connectivity index (χ0v) is 20.7. The van der Waals surface area contributed by atoms with E-state index >= 15 is 0 Å². The third-order valence-corrected chi connectivity index (χ3v) is 8.91. The molecule has 2 saturated heterocycles. The van der Waals surface area contributed by atoms with Gasteiger partial charge in [-0.05, 0) is 86.2 Å². The zero-order chi connectivity index (χ0) is 22.9. The molecule has 0 spiro atoms. The number of hydrogen-bond donors (Lipinski definition) is 0. The lowest BCUT2D eigenvalue weighted by Gasteiger charge is -2.40. The molecule has 4 aliphatic heterocycles. The molecule has 34 heavy (non-hydrogen) atoms. The van der Waals surface area contributed by atoms with Crippen LogP contribution in [0.5, 0.6) is 5.75 Å². The first-order valence-electron chi connectivity index (χ1n) is 13.6. The van der Waals surface area contributed by atoms with Crippen LogP contribution in [-0.2, 0) is 24.1 Å². The Bertz CT molecular complexity index is 960. The summed E-state index contributed by atoms with van der Waals surface area (Å²) in [6.45, 7) is 5.46. The van der Waals surface area contributed by atoms with Crippen LogP contribution >= 0.6 is 0 Å². The smallest absolute Gasteiger partial charge is 0.119 e. The normalized spacial score (nSPS) is 30.3. The molecule has 182 valence electrons. The molecule has 4 nitrogen and oxygen atoms in total. The molecule has 3 unspecified atom stereocenters. The molecule has 2 aromatic rings. The van der Waals surface area contributed by atoms with Crippen molar-refractivity contribution in [3.63, 3.8) is 0 Å². The first-order valence-corrected chi connectivity index (χ1v) is 13.6. The summed E-state index contributed by atoms with van der Waals surface area (Å²) < 4.78 is 12.3. The van der Waals surface area contributed by atoms with Gasteiger partial charge in [0.2, 0.25) is 0 Å². The molecule has 4 heterocycles. The van der Waals surface area contributed by atoms with E-state index in [1.807, 2.05) is 0 Å². The Balaban J connectivity index is 1.30. The van der Waals surface area contributed by atoms with Crippen molar-refractivity contribution < 1.29 is 9.47 Å². The van der Waals surface area contributed by atoms with Crippen LogP contribution in [-0.4, -0.2) is 61.3 Å². The third kappa shape index (κ3) is 4.91. The van der Waals surface area contributed by atoms with Crippen LogP contribution < -0.4 is 4.74 Å². The number of benzene rings is 2. The molecule has 7 rings (SSSR count). The van der Waals surface area contributed by atoms with E-state index in [-0.39, 0.29) is 0 Å². The summed E-state index contributed by atoms with van der Waals surface area (Å²) in [5, 5.41) is 0. The van der Waals surface area contributed by atoms with Crippen molar-refractivity contribution in [1.29, 1.82) is 0 Å². The van der Waals surface area contributed by atoms with Crippen LogP contribution in [0.15, 0.2) is 48.5 Å². The summed E-state index contributed by atoms with van der Waals surface area (Å²) in [7, 11) is 1.77. The third-order valence-electron chi connectivity index (χ3n) is 8.91. The number of fused-ring (bicyclic) bond motifs is 5. The van der Waals surface area contributed by atoms with Crippen LogP contribution in [0.25, 0.3) is 0 Å². The van der Waals surface area contributed by atoms with Crippen LogP contribution in [0.1, 0.15) is 48.8 Å². The number of likely N-dealkylation sites (tertiary alicyclic amines) is 1. The maximum atomic E-state index is 6.71. The molecule has 4 bridgehead atoms. The van der Waals surface area contributed by atoms with E-state index < -0.39 is 0 Å². The van der Waals surface area contributed by atoms with Crippen LogP contribution in [0, 0.1) is 11.8 Å². The van der Waals surface area contributed by atoms with Crippen LogP contribution in [0.3, 0.4) is 0 Å². The summed E-state index contributed by atoms with van der Waals surface area (Å²) in [5.41, 5.74) is 4.35. The average molecular weight is 461 g/mol. The molecular formula is C30H40N2O2. The van der Waals surface area contributed by atoms with Gasteiger partial charge in [0.05, 0.1) is 19.8 Å². The molecular weight excluding hydrogens is 420 g/mol. The second kappa shape index (κ2) is 10.0. The van der Waals surface area contributed by atoms with Crippen molar-refractivity contribution in [2.45, 2.75) is 69.7 Å². The number of methoxy groups -OCH3 is 1. The molecule has 2 aromatic carbocycles. The number of nitrogens with zero attached hydrogens (tertiary/aromatic N) is 2. The van der Waals surface area contributed by atoms with Gasteiger partial charge in [-0.15, -0.1) is 0 Å². The highest BCUT2D eigenvalue weighted by Crippen LogP contribution is 2.39. The minimum Gasteiger partial charge on any atom is -0.497 e. The predicted molar refractivity (Wildman–Crippen MR) is 136 cm³/mol. The van der Waals surface area contributed by atoms with Gasteiger partial charge in [0.25, 0.3) is 0 Å². The molecule has 0 amide bonds. The fourth-order valence-electron chi connectivity index (χ4n) is 6.85. The zero-order valence-electron chi connectivity index (χ0n) is 20.7. The fourth-order valence-corrected chi connectivity index (χ4v) is 6.85. The molecule has 0 aromatic heterocycles. The lowest BCUT2D eigenvalue weighted by atomic mass is 9.85. The molecule has 3 fully saturated rings. The van der Waals surface area contributed by atoms with Crippen molar-refractivity contribution in [2.24, 2.45) is 11.8 Å². The SMILES string of the molecule is COc1ccc2c(c1)CCO[C@@H]1CN(Cc3ccccc3)C3CCC(C2)N(CC2CC2)CCC31. The summed E-state index contributed by atoms with van der Waals surface area (Å²) in [6.07, 6.45) is 9.20. The predicted octanol–water partition coefficient (Wildman–Crippen LogP) is 4.94. The monoisotopic (exact) mass is 460 g/mol. The maximum absolute atomic E-state index is 6.71. The first-order chi connectivity index (χ1) is 16.8. The lowest BCUT2D eigenvalue weighted by molar-refractivity contribution is 0.0198. The standard InChI is InChI=1S/C30H40N2O2/c1-33-27-11-9-24-17-26-10-12-29-28(13-15-31(26)19-23-7-8-23)30(34-16-14-25(24)18-27)21-32(29)20-22-5-3-2-4-6-22/h2-6,9,11,18,23,26,28-30H,7-8,10,12-17,19-21H2,1H3/t26?,28?,29?,30-/m1/s1. The topological polar surface area (TPSA) is 24.9 Å². The molecule has 0 radical (unpaired) electrons. The maximum Gasteiger partial charge on any atom is 0.119 e. The van der Waals surface area contributed by atoms with Crippen molar-refractivity contribution in [3.05, 3.63) is 65.2 Å². The molecule has 1 aliphatic carbocycles. The highest BCUT2D eigenvalue weighted by Gasteiger charge is 2.44. The lowest BCUT2D eigenvalue weighted by Crippen LogP contribution is -2.45. The molecule has 1 saturated carbocycles. The van der Waals surface area contributed by atoms with Gasteiger partial charge in [-0.3, -0.25) is 9.80 Å². The fraction of sp³-hybridized carbons (Fsp3) is 0.600. The van der Waals surface area contributed by atoms with Gasteiger partial charge in [-0.2, -0.15) is 0 Å². The quantitative estimate of drug-likeness (QED) is 0.631. The van der Waals surface area contributed by atoms with Gasteiger partial charge in [0.1, 0.15) is 5.75 Å². The Morgan fingerprint density at radius 3 is 2.65 bits per heavy atom. The molecule has 4 atom stereocenters. The number of ether oxygens (including phenoxy) is 2. The highest BCUT2D eigenvalue weighted by molar-refractivity contribution is 5.36. The van der Waals surface area contributed by atoms with Gasteiger partial charge in [-0.1, -0.05) is 36.4 Å². The molecule has 4 heteroatoms. The van der Waals surface area contributed by atoms with Gasteiger partial charge < -0.3 is 9.47 Å². The minimum absolute atomic E-state index is 0.349. The van der Waals surface area contributed by atoms with Gasteiger partial charge in [0.15, 0.2) is 0 Å². The average Bonchev–Trinajstić information content (AvgIpc) is 3.61. The Morgan fingerprint density at radius 2 is 1.82 bits per heavy atom. The second-order valence-electron chi connectivity index (χ2n) is 11.1. The Labute approximate surface area is 205 Å². The van der Waals surface area contributed by atoms with Crippen molar-refractivity contribution in [1.82, 2.24) is 9.80 Å². The summed E-state index contributed by atoms with van der Waals surface area (Å²) >= 11 is 0. The summed E-state index contributed by atoms with van der Waals surface area (Å²) in [4.78, 5) is 5.63. The van der Waals surface area contributed by atoms with Crippen molar-refractivity contribution >= 4 is 0 Å².